The predicted molar refractivity (Wildman–Crippen MR) is 101 cm³/mol. The summed E-state index contributed by atoms with van der Waals surface area (Å²) in [6.07, 6.45) is 3.44. The van der Waals surface area contributed by atoms with Gasteiger partial charge in [-0.3, -0.25) is 9.89 Å². The van der Waals surface area contributed by atoms with Gasteiger partial charge in [0.2, 0.25) is 5.91 Å². The SMILES string of the molecule is C[C@@H]1COCCN1c1cc(C(C)(C)C(N)=O)c2cnn(-c3cc[nH]n3)c2n1. The lowest BCUT2D eigenvalue weighted by Crippen LogP contribution is -2.44. The highest BCUT2D eigenvalue weighted by Gasteiger charge is 2.33. The minimum Gasteiger partial charge on any atom is -0.377 e. The Hall–Kier alpha value is -2.94. The zero-order valence-electron chi connectivity index (χ0n) is 15.6. The highest BCUT2D eigenvalue weighted by molar-refractivity contribution is 5.93. The summed E-state index contributed by atoms with van der Waals surface area (Å²) in [6.45, 7) is 7.73. The average molecular weight is 369 g/mol. The van der Waals surface area contributed by atoms with Crippen LogP contribution in [0.5, 0.6) is 0 Å². The van der Waals surface area contributed by atoms with Gasteiger partial charge in [0.25, 0.3) is 0 Å². The molecule has 0 aromatic carbocycles. The maximum atomic E-state index is 12.2. The van der Waals surface area contributed by atoms with E-state index in [-0.39, 0.29) is 6.04 Å². The van der Waals surface area contributed by atoms with E-state index in [1.807, 2.05) is 26.0 Å². The molecule has 3 aromatic heterocycles. The van der Waals surface area contributed by atoms with Crippen LogP contribution < -0.4 is 10.6 Å². The fourth-order valence-electron chi connectivity index (χ4n) is 3.39. The number of nitrogens with one attached hydrogen (secondary N) is 1. The Morgan fingerprint density at radius 2 is 2.22 bits per heavy atom. The molecular weight excluding hydrogens is 346 g/mol. The van der Waals surface area contributed by atoms with E-state index in [1.165, 1.54) is 0 Å². The van der Waals surface area contributed by atoms with Gasteiger partial charge in [0.05, 0.1) is 30.9 Å². The van der Waals surface area contributed by atoms with E-state index in [2.05, 4.69) is 27.1 Å². The van der Waals surface area contributed by atoms with Gasteiger partial charge < -0.3 is 15.4 Å². The third-order valence-corrected chi connectivity index (χ3v) is 5.18. The largest absolute Gasteiger partial charge is 0.377 e. The first-order chi connectivity index (χ1) is 12.9. The maximum absolute atomic E-state index is 12.2. The number of rotatable bonds is 4. The van der Waals surface area contributed by atoms with Gasteiger partial charge in [-0.25, -0.2) is 4.98 Å². The molecular formula is C18H23N7O2. The van der Waals surface area contributed by atoms with Crippen LogP contribution in [0.15, 0.2) is 24.5 Å². The number of primary amides is 1. The summed E-state index contributed by atoms with van der Waals surface area (Å²) in [7, 11) is 0. The number of nitrogens with zero attached hydrogens (tertiary/aromatic N) is 5. The normalized spacial score (nSPS) is 18.2. The van der Waals surface area contributed by atoms with E-state index in [4.69, 9.17) is 15.5 Å². The first-order valence-electron chi connectivity index (χ1n) is 8.93. The maximum Gasteiger partial charge on any atom is 0.227 e. The number of H-pyrrole nitrogens is 1. The molecule has 1 aliphatic rings. The Bertz CT molecular complexity index is 977. The molecule has 1 fully saturated rings. The molecule has 0 aliphatic carbocycles. The fraction of sp³-hybridized carbons (Fsp3) is 0.444. The Morgan fingerprint density at radius 3 is 2.89 bits per heavy atom. The van der Waals surface area contributed by atoms with Crippen molar-refractivity contribution in [2.45, 2.75) is 32.2 Å². The molecule has 1 amide bonds. The molecule has 1 saturated heterocycles. The number of amides is 1. The summed E-state index contributed by atoms with van der Waals surface area (Å²) in [4.78, 5) is 19.2. The van der Waals surface area contributed by atoms with Crippen LogP contribution in [-0.2, 0) is 14.9 Å². The monoisotopic (exact) mass is 369 g/mol. The third kappa shape index (κ3) is 2.84. The molecule has 9 nitrogen and oxygen atoms in total. The number of fused-ring (bicyclic) bond motifs is 1. The molecule has 0 spiro atoms. The first-order valence-corrected chi connectivity index (χ1v) is 8.93. The lowest BCUT2D eigenvalue weighted by atomic mass is 9.82. The van der Waals surface area contributed by atoms with Crippen molar-refractivity contribution >= 4 is 22.8 Å². The molecule has 0 saturated carbocycles. The number of anilines is 1. The van der Waals surface area contributed by atoms with Gasteiger partial charge >= 0.3 is 0 Å². The Morgan fingerprint density at radius 1 is 1.41 bits per heavy atom. The van der Waals surface area contributed by atoms with Gasteiger partial charge in [-0.05, 0) is 32.4 Å². The van der Waals surface area contributed by atoms with Gasteiger partial charge in [-0.2, -0.15) is 14.9 Å². The first kappa shape index (κ1) is 17.5. The van der Waals surface area contributed by atoms with Crippen LogP contribution in [0.2, 0.25) is 0 Å². The van der Waals surface area contributed by atoms with Crippen LogP contribution in [0.1, 0.15) is 26.3 Å². The number of aromatic nitrogens is 5. The van der Waals surface area contributed by atoms with Crippen molar-refractivity contribution in [3.63, 3.8) is 0 Å². The van der Waals surface area contributed by atoms with Crippen LogP contribution in [0, 0.1) is 0 Å². The van der Waals surface area contributed by atoms with Gasteiger partial charge in [0.1, 0.15) is 5.82 Å². The molecule has 0 unspecified atom stereocenters. The molecule has 9 heteroatoms. The Labute approximate surface area is 156 Å². The van der Waals surface area contributed by atoms with Crippen LogP contribution >= 0.6 is 0 Å². The molecule has 3 aromatic rings. The Kier molecular flexibility index (Phi) is 4.11. The molecule has 0 bridgehead atoms. The number of hydrogen-bond acceptors (Lipinski definition) is 6. The number of ether oxygens (including phenoxy) is 1. The summed E-state index contributed by atoms with van der Waals surface area (Å²) in [5, 5.41) is 12.2. The minimum atomic E-state index is -0.870. The van der Waals surface area contributed by atoms with Crippen molar-refractivity contribution in [3.8, 4) is 5.82 Å². The van der Waals surface area contributed by atoms with Crippen molar-refractivity contribution in [3.05, 3.63) is 30.1 Å². The molecule has 1 aliphatic heterocycles. The molecule has 3 N–H and O–H groups in total. The molecule has 27 heavy (non-hydrogen) atoms. The van der Waals surface area contributed by atoms with Crippen molar-refractivity contribution in [2.75, 3.05) is 24.7 Å². The summed E-state index contributed by atoms with van der Waals surface area (Å²) in [5.74, 6) is 1.01. The van der Waals surface area contributed by atoms with Crippen LogP contribution in [0.25, 0.3) is 16.9 Å². The predicted octanol–water partition coefficient (Wildman–Crippen LogP) is 1.13. The number of hydrogen-bond donors (Lipinski definition) is 2. The van der Waals surface area contributed by atoms with E-state index in [1.54, 1.807) is 17.1 Å². The summed E-state index contributed by atoms with van der Waals surface area (Å²) in [5.41, 5.74) is 6.29. The van der Waals surface area contributed by atoms with E-state index in [9.17, 15) is 4.79 Å². The summed E-state index contributed by atoms with van der Waals surface area (Å²) in [6, 6.07) is 3.94. The molecule has 4 rings (SSSR count). The zero-order chi connectivity index (χ0) is 19.2. The number of carbonyl (C=O) groups excluding carboxylic acids is 1. The van der Waals surface area contributed by atoms with Crippen LogP contribution in [0.3, 0.4) is 0 Å². The van der Waals surface area contributed by atoms with E-state index in [0.717, 1.165) is 23.3 Å². The minimum absolute atomic E-state index is 0.176. The topological polar surface area (TPSA) is 115 Å². The van der Waals surface area contributed by atoms with Gasteiger partial charge in [0.15, 0.2) is 11.5 Å². The van der Waals surface area contributed by atoms with Gasteiger partial charge in [-0.15, -0.1) is 0 Å². The highest BCUT2D eigenvalue weighted by atomic mass is 16.5. The van der Waals surface area contributed by atoms with Crippen molar-refractivity contribution in [1.82, 2.24) is 25.0 Å². The zero-order valence-corrected chi connectivity index (χ0v) is 15.6. The number of carbonyl (C=O) groups is 1. The summed E-state index contributed by atoms with van der Waals surface area (Å²) >= 11 is 0. The Balaban J connectivity index is 1.96. The fourth-order valence-corrected chi connectivity index (χ4v) is 3.39. The highest BCUT2D eigenvalue weighted by Crippen LogP contribution is 2.34. The molecule has 1 atom stereocenters. The van der Waals surface area contributed by atoms with E-state index >= 15 is 0 Å². The second-order valence-corrected chi connectivity index (χ2v) is 7.36. The lowest BCUT2D eigenvalue weighted by molar-refractivity contribution is -0.122. The summed E-state index contributed by atoms with van der Waals surface area (Å²) < 4.78 is 7.22. The van der Waals surface area contributed by atoms with Crippen LogP contribution in [0.4, 0.5) is 5.82 Å². The quantitative estimate of drug-likeness (QED) is 0.712. The number of nitrogens with two attached hydrogens (primary N) is 1. The second-order valence-electron chi connectivity index (χ2n) is 7.36. The van der Waals surface area contributed by atoms with Crippen LogP contribution in [-0.4, -0.2) is 56.7 Å². The number of pyridine rings is 1. The van der Waals surface area contributed by atoms with Gasteiger partial charge in [0, 0.05) is 24.2 Å². The lowest BCUT2D eigenvalue weighted by Gasteiger charge is -2.35. The van der Waals surface area contributed by atoms with E-state index in [0.29, 0.717) is 24.7 Å². The van der Waals surface area contributed by atoms with E-state index < -0.39 is 11.3 Å². The van der Waals surface area contributed by atoms with Crippen molar-refractivity contribution < 1.29 is 9.53 Å². The number of morpholine rings is 1. The molecule has 142 valence electrons. The standard InChI is InChI=1S/C18H23N7O2/c1-11-10-27-7-6-24(11)15-8-13(18(2,3)17(19)26)12-9-21-25(16(12)22-15)14-4-5-20-23-14/h4-5,8-9,11H,6-7,10H2,1-3H3,(H2,19,26)(H,20,23)/t11-/m1/s1. The second kappa shape index (κ2) is 6.34. The molecule has 4 heterocycles. The third-order valence-electron chi connectivity index (χ3n) is 5.18. The average Bonchev–Trinajstić information content (AvgIpc) is 3.30. The number of aromatic amines is 1. The van der Waals surface area contributed by atoms with Crippen molar-refractivity contribution in [2.24, 2.45) is 5.73 Å². The van der Waals surface area contributed by atoms with Crippen molar-refractivity contribution in [1.29, 1.82) is 0 Å². The molecule has 0 radical (unpaired) electrons. The smallest absolute Gasteiger partial charge is 0.227 e. The van der Waals surface area contributed by atoms with Gasteiger partial charge in [-0.1, -0.05) is 0 Å².